The van der Waals surface area contributed by atoms with Gasteiger partial charge in [0.2, 0.25) is 5.91 Å². The molecule has 4 aromatic rings. The highest BCUT2D eigenvalue weighted by Crippen LogP contribution is 2.27. The fourth-order valence-electron chi connectivity index (χ4n) is 3.91. The minimum Gasteiger partial charge on any atom is -0.384 e. The Labute approximate surface area is 226 Å². The minimum absolute atomic E-state index is 0.170. The van der Waals surface area contributed by atoms with Gasteiger partial charge < -0.3 is 22.1 Å². The van der Waals surface area contributed by atoms with Crippen LogP contribution < -0.4 is 27.7 Å². The average Bonchev–Trinajstić information content (AvgIpc) is 3.57. The van der Waals surface area contributed by atoms with Crippen molar-refractivity contribution < 1.29 is 14.4 Å². The van der Waals surface area contributed by atoms with Gasteiger partial charge in [-0.15, -0.1) is 11.3 Å². The van der Waals surface area contributed by atoms with Crippen molar-refractivity contribution in [1.82, 2.24) is 24.8 Å². The standard InChI is InChI=1S/C17H18N6O2S.C8H7N3O2/c1-19-11-8-21-15-3-2-12(23(15)17(11)25)16(24)22-7-10-4-9-6-20-14(18)5-13(9)26-10;9-7(5-12)11-8(13)6-1-3-10-4-2-6/h4-6,8,12,19H,2-3,7H2,1H3,(H2,18,20)(H,22,24);1-5H,(H2,9,11,13). The quantitative estimate of drug-likeness (QED) is 0.154. The summed E-state index contributed by atoms with van der Waals surface area (Å²) in [7, 11) is 1.67. The number of carbonyl (C=O) groups is 3. The zero-order valence-electron chi connectivity index (χ0n) is 20.8. The zero-order valence-corrected chi connectivity index (χ0v) is 21.6. The summed E-state index contributed by atoms with van der Waals surface area (Å²) in [6.45, 7) is 0.401. The van der Waals surface area contributed by atoms with Crippen LogP contribution in [0.5, 0.6) is 0 Å². The van der Waals surface area contributed by atoms with E-state index in [0.717, 1.165) is 15.0 Å². The zero-order chi connectivity index (χ0) is 27.9. The molecule has 14 heteroatoms. The van der Waals surface area contributed by atoms with Crippen LogP contribution in [0, 0.1) is 0 Å². The number of aryl methyl sites for hydroxylation is 1. The van der Waals surface area contributed by atoms with Gasteiger partial charge in [0.15, 0.2) is 12.1 Å². The molecule has 1 unspecified atom stereocenters. The van der Waals surface area contributed by atoms with E-state index in [-0.39, 0.29) is 17.3 Å². The number of aliphatic imine (C=N–C) groups is 1. The topological polar surface area (TPSA) is 200 Å². The van der Waals surface area contributed by atoms with E-state index in [1.54, 1.807) is 24.6 Å². The van der Waals surface area contributed by atoms with Crippen LogP contribution in [0.15, 0.2) is 58.8 Å². The van der Waals surface area contributed by atoms with Gasteiger partial charge in [-0.05, 0) is 30.7 Å². The van der Waals surface area contributed by atoms with Gasteiger partial charge in [-0.3, -0.25) is 28.7 Å². The summed E-state index contributed by atoms with van der Waals surface area (Å²) in [6.07, 6.45) is 7.67. The summed E-state index contributed by atoms with van der Waals surface area (Å²) in [6, 6.07) is 6.27. The maximum absolute atomic E-state index is 12.7. The fourth-order valence-corrected chi connectivity index (χ4v) is 4.93. The Morgan fingerprint density at radius 3 is 2.72 bits per heavy atom. The predicted molar refractivity (Wildman–Crippen MR) is 148 cm³/mol. The number of amidine groups is 1. The van der Waals surface area contributed by atoms with Crippen LogP contribution in [0.4, 0.5) is 11.5 Å². The molecule has 1 aliphatic rings. The van der Waals surface area contributed by atoms with Crippen molar-refractivity contribution in [3.8, 4) is 0 Å². The fraction of sp³-hybridized carbons (Fsp3) is 0.200. The number of aldehydes is 1. The van der Waals surface area contributed by atoms with Gasteiger partial charge >= 0.3 is 0 Å². The molecule has 4 aromatic heterocycles. The number of amides is 2. The Hall–Kier alpha value is -4.98. The lowest BCUT2D eigenvalue weighted by molar-refractivity contribution is -0.124. The number of carbonyl (C=O) groups excluding carboxylic acids is 3. The first kappa shape index (κ1) is 27.1. The molecule has 5 rings (SSSR count). The van der Waals surface area contributed by atoms with Crippen molar-refractivity contribution >= 4 is 56.9 Å². The van der Waals surface area contributed by atoms with Crippen molar-refractivity contribution in [3.63, 3.8) is 0 Å². The SMILES string of the molecule is CNc1cnc2n(c1=O)C(C(=O)NCc1cc3cnc(N)cc3s1)CC2.NC(C=O)=NC(=O)c1ccncc1. The van der Waals surface area contributed by atoms with Gasteiger partial charge in [0, 0.05) is 52.6 Å². The van der Waals surface area contributed by atoms with E-state index in [1.165, 1.54) is 35.3 Å². The van der Waals surface area contributed by atoms with Gasteiger partial charge in [-0.2, -0.15) is 4.99 Å². The molecular formula is C25H25N9O4S. The van der Waals surface area contributed by atoms with Crippen molar-refractivity contribution in [3.05, 3.63) is 75.7 Å². The number of nitrogen functional groups attached to an aromatic ring is 1. The number of hydrogen-bond donors (Lipinski definition) is 4. The number of pyridine rings is 2. The van der Waals surface area contributed by atoms with Crippen LogP contribution in [0.25, 0.3) is 10.1 Å². The van der Waals surface area contributed by atoms with E-state index in [4.69, 9.17) is 11.5 Å². The summed E-state index contributed by atoms with van der Waals surface area (Å²) >= 11 is 1.57. The monoisotopic (exact) mass is 547 g/mol. The molecule has 200 valence electrons. The van der Waals surface area contributed by atoms with Crippen molar-refractivity contribution in [2.75, 3.05) is 18.1 Å². The maximum Gasteiger partial charge on any atom is 0.279 e. The lowest BCUT2D eigenvalue weighted by Crippen LogP contribution is -2.36. The van der Waals surface area contributed by atoms with Crippen molar-refractivity contribution in [2.45, 2.75) is 25.4 Å². The molecule has 0 saturated heterocycles. The number of fused-ring (bicyclic) bond motifs is 2. The lowest BCUT2D eigenvalue weighted by Gasteiger charge is -2.14. The molecule has 1 atom stereocenters. The normalized spacial score (nSPS) is 14.2. The highest BCUT2D eigenvalue weighted by molar-refractivity contribution is 7.19. The van der Waals surface area contributed by atoms with Crippen LogP contribution in [0.3, 0.4) is 0 Å². The Balaban J connectivity index is 0.000000229. The predicted octanol–water partition coefficient (Wildman–Crippen LogP) is 1.06. The summed E-state index contributed by atoms with van der Waals surface area (Å²) in [5.41, 5.74) is 11.3. The van der Waals surface area contributed by atoms with Crippen LogP contribution >= 0.6 is 11.3 Å². The Kier molecular flexibility index (Phi) is 8.36. The van der Waals surface area contributed by atoms with Crippen LogP contribution in [-0.4, -0.2) is 50.5 Å². The largest absolute Gasteiger partial charge is 0.384 e. The van der Waals surface area contributed by atoms with E-state index < -0.39 is 11.9 Å². The van der Waals surface area contributed by atoms with Crippen molar-refractivity contribution in [1.29, 1.82) is 0 Å². The molecule has 0 aliphatic carbocycles. The molecule has 0 saturated carbocycles. The number of rotatable bonds is 6. The van der Waals surface area contributed by atoms with E-state index in [0.29, 0.717) is 48.6 Å². The van der Waals surface area contributed by atoms with Crippen LogP contribution in [0.2, 0.25) is 0 Å². The highest BCUT2D eigenvalue weighted by Gasteiger charge is 2.30. The summed E-state index contributed by atoms with van der Waals surface area (Å²) in [5, 5.41) is 6.75. The third-order valence-electron chi connectivity index (χ3n) is 5.78. The van der Waals surface area contributed by atoms with E-state index in [1.807, 2.05) is 12.1 Å². The highest BCUT2D eigenvalue weighted by atomic mass is 32.1. The minimum atomic E-state index is -0.549. The van der Waals surface area contributed by atoms with Gasteiger partial charge in [0.25, 0.3) is 11.5 Å². The molecule has 5 heterocycles. The molecule has 6 N–H and O–H groups in total. The molecule has 13 nitrogen and oxygen atoms in total. The number of thiophene rings is 1. The van der Waals surface area contributed by atoms with Gasteiger partial charge in [0.1, 0.15) is 23.4 Å². The number of aromatic nitrogens is 4. The molecule has 1 aliphatic heterocycles. The number of nitrogens with one attached hydrogen (secondary N) is 2. The molecule has 0 bridgehead atoms. The second-order valence-electron chi connectivity index (χ2n) is 8.34. The number of hydrogen-bond acceptors (Lipinski definition) is 10. The van der Waals surface area contributed by atoms with Crippen LogP contribution in [-0.2, 0) is 22.6 Å². The van der Waals surface area contributed by atoms with E-state index in [2.05, 4.69) is 30.6 Å². The Bertz CT molecular complexity index is 1620. The summed E-state index contributed by atoms with van der Waals surface area (Å²) in [5.74, 6) is 0.0760. The van der Waals surface area contributed by atoms with Gasteiger partial charge in [-0.25, -0.2) is 9.97 Å². The molecule has 2 amide bonds. The summed E-state index contributed by atoms with van der Waals surface area (Å²) in [4.78, 5) is 62.8. The second kappa shape index (κ2) is 12.0. The molecule has 0 radical (unpaired) electrons. The molecule has 0 fully saturated rings. The number of anilines is 2. The first-order valence-corrected chi connectivity index (χ1v) is 12.6. The van der Waals surface area contributed by atoms with Crippen molar-refractivity contribution in [2.24, 2.45) is 10.7 Å². The molecule has 0 spiro atoms. The maximum atomic E-state index is 12.7. The molecule has 0 aromatic carbocycles. The van der Waals surface area contributed by atoms with E-state index in [9.17, 15) is 19.2 Å². The van der Waals surface area contributed by atoms with Crippen LogP contribution in [0.1, 0.15) is 33.5 Å². The van der Waals surface area contributed by atoms with Gasteiger partial charge in [0.05, 0.1) is 12.7 Å². The smallest absolute Gasteiger partial charge is 0.279 e. The molecule has 39 heavy (non-hydrogen) atoms. The number of nitrogens with two attached hydrogens (primary N) is 2. The third-order valence-corrected chi connectivity index (χ3v) is 6.88. The first-order chi connectivity index (χ1) is 18.8. The third kappa shape index (κ3) is 6.30. The van der Waals surface area contributed by atoms with Gasteiger partial charge in [-0.1, -0.05) is 0 Å². The van der Waals surface area contributed by atoms with E-state index >= 15 is 0 Å². The Morgan fingerprint density at radius 2 is 2.00 bits per heavy atom. The first-order valence-electron chi connectivity index (χ1n) is 11.7. The second-order valence-corrected chi connectivity index (χ2v) is 9.51. The number of nitrogens with zero attached hydrogens (tertiary/aromatic N) is 5. The Morgan fingerprint density at radius 1 is 1.23 bits per heavy atom. The average molecular weight is 548 g/mol. The summed E-state index contributed by atoms with van der Waals surface area (Å²) < 4.78 is 2.53. The molecular weight excluding hydrogens is 522 g/mol. The lowest BCUT2D eigenvalue weighted by atomic mass is 10.2.